The van der Waals surface area contributed by atoms with E-state index in [4.69, 9.17) is 0 Å². The molecule has 2 atom stereocenters. The Labute approximate surface area is 116 Å². The molecule has 0 saturated carbocycles. The molecular weight excluding hydrogens is 240 g/mol. The molecule has 0 aromatic rings. The number of nitrogens with one attached hydrogen (secondary N) is 1. The van der Waals surface area contributed by atoms with Crippen molar-refractivity contribution >= 4 is 6.03 Å². The van der Waals surface area contributed by atoms with Gasteiger partial charge in [-0.1, -0.05) is 0 Å². The Morgan fingerprint density at radius 2 is 1.79 bits per heavy atom. The smallest absolute Gasteiger partial charge is 0.320 e. The van der Waals surface area contributed by atoms with Crippen molar-refractivity contribution in [3.63, 3.8) is 0 Å². The summed E-state index contributed by atoms with van der Waals surface area (Å²) in [7, 11) is 1.93. The molecule has 5 heteroatoms. The number of nitrogens with zero attached hydrogens (tertiary/aromatic N) is 3. The van der Waals surface area contributed by atoms with Gasteiger partial charge < -0.3 is 20.0 Å². The molecule has 2 heterocycles. The molecule has 2 rings (SSSR count). The highest BCUT2D eigenvalue weighted by Crippen LogP contribution is 2.13. The van der Waals surface area contributed by atoms with E-state index in [-0.39, 0.29) is 18.1 Å². The van der Waals surface area contributed by atoms with Gasteiger partial charge in [-0.3, -0.25) is 0 Å². The number of hydrogen-bond acceptors (Lipinski definition) is 3. The second kappa shape index (κ2) is 6.57. The van der Waals surface area contributed by atoms with E-state index in [2.05, 4.69) is 24.1 Å². The molecule has 0 radical (unpaired) electrons. The Morgan fingerprint density at radius 3 is 2.37 bits per heavy atom. The zero-order chi connectivity index (χ0) is 13.8. The van der Waals surface area contributed by atoms with Crippen LogP contribution in [-0.4, -0.2) is 79.1 Å². The summed E-state index contributed by atoms with van der Waals surface area (Å²) in [6.45, 7) is 10.3. The Bertz CT molecular complexity index is 294. The molecule has 2 saturated heterocycles. The number of amides is 2. The highest BCUT2D eigenvalue weighted by molar-refractivity contribution is 5.75. The van der Waals surface area contributed by atoms with E-state index >= 15 is 0 Å². The van der Waals surface area contributed by atoms with Crippen LogP contribution in [0.15, 0.2) is 0 Å². The highest BCUT2D eigenvalue weighted by Gasteiger charge is 2.30. The van der Waals surface area contributed by atoms with Crippen molar-refractivity contribution in [2.75, 3.05) is 46.3 Å². The van der Waals surface area contributed by atoms with Crippen LogP contribution in [0, 0.1) is 0 Å². The fourth-order valence-electron chi connectivity index (χ4n) is 3.10. The maximum Gasteiger partial charge on any atom is 0.320 e. The fourth-order valence-corrected chi connectivity index (χ4v) is 3.10. The minimum Gasteiger partial charge on any atom is -0.326 e. The largest absolute Gasteiger partial charge is 0.326 e. The predicted octanol–water partition coefficient (Wildman–Crippen LogP) is 0.816. The lowest BCUT2D eigenvalue weighted by molar-refractivity contribution is 0.104. The maximum absolute atomic E-state index is 12.5. The van der Waals surface area contributed by atoms with E-state index in [9.17, 15) is 4.79 Å². The molecule has 19 heavy (non-hydrogen) atoms. The first-order valence-corrected chi connectivity index (χ1v) is 7.56. The summed E-state index contributed by atoms with van der Waals surface area (Å²) >= 11 is 0. The molecule has 1 N–H and O–H groups in total. The minimum absolute atomic E-state index is 0.181. The summed E-state index contributed by atoms with van der Waals surface area (Å²) in [4.78, 5) is 18.9. The summed E-state index contributed by atoms with van der Waals surface area (Å²) in [6.07, 6.45) is 2.62. The molecule has 2 aliphatic heterocycles. The molecule has 0 unspecified atom stereocenters. The van der Waals surface area contributed by atoms with Crippen LogP contribution in [0.2, 0.25) is 0 Å². The standard InChI is InChI=1S/C14H28N4O/c1-12-10-15-11-13(2)18(12)14(19)16(3)8-9-17-6-4-5-7-17/h12-13,15H,4-11H2,1-3H3/t12-,13-/m0/s1. The predicted molar refractivity (Wildman–Crippen MR) is 77.3 cm³/mol. The van der Waals surface area contributed by atoms with E-state index in [0.717, 1.165) is 26.2 Å². The summed E-state index contributed by atoms with van der Waals surface area (Å²) < 4.78 is 0. The van der Waals surface area contributed by atoms with Crippen molar-refractivity contribution in [2.45, 2.75) is 38.8 Å². The van der Waals surface area contributed by atoms with Crippen LogP contribution < -0.4 is 5.32 Å². The quantitative estimate of drug-likeness (QED) is 0.823. The topological polar surface area (TPSA) is 38.8 Å². The van der Waals surface area contributed by atoms with Crippen molar-refractivity contribution in [1.29, 1.82) is 0 Å². The summed E-state index contributed by atoms with van der Waals surface area (Å²) in [5.41, 5.74) is 0. The zero-order valence-corrected chi connectivity index (χ0v) is 12.6. The molecule has 0 bridgehead atoms. The van der Waals surface area contributed by atoms with Crippen LogP contribution in [0.25, 0.3) is 0 Å². The number of likely N-dealkylation sites (N-methyl/N-ethyl adjacent to an activating group) is 1. The fraction of sp³-hybridized carbons (Fsp3) is 0.929. The molecule has 0 aromatic carbocycles. The average molecular weight is 268 g/mol. The van der Waals surface area contributed by atoms with Crippen molar-refractivity contribution < 1.29 is 4.79 Å². The molecule has 2 fully saturated rings. The van der Waals surface area contributed by atoms with Crippen molar-refractivity contribution in [1.82, 2.24) is 20.0 Å². The van der Waals surface area contributed by atoms with Gasteiger partial charge in [0, 0.05) is 45.3 Å². The lowest BCUT2D eigenvalue weighted by Crippen LogP contribution is -2.60. The van der Waals surface area contributed by atoms with Crippen LogP contribution >= 0.6 is 0 Å². The van der Waals surface area contributed by atoms with Gasteiger partial charge in [-0.15, -0.1) is 0 Å². The van der Waals surface area contributed by atoms with E-state index in [1.54, 1.807) is 0 Å². The van der Waals surface area contributed by atoms with Gasteiger partial charge in [-0.25, -0.2) is 4.79 Å². The lowest BCUT2D eigenvalue weighted by atomic mass is 10.1. The Balaban J connectivity index is 1.82. The number of carbonyl (C=O) groups is 1. The van der Waals surface area contributed by atoms with Gasteiger partial charge in [0.15, 0.2) is 0 Å². The second-order valence-corrected chi connectivity index (χ2v) is 6.02. The summed E-state index contributed by atoms with van der Waals surface area (Å²) in [5.74, 6) is 0. The number of likely N-dealkylation sites (tertiary alicyclic amines) is 1. The van der Waals surface area contributed by atoms with Crippen LogP contribution in [0.4, 0.5) is 4.79 Å². The Morgan fingerprint density at radius 1 is 1.21 bits per heavy atom. The number of urea groups is 1. The number of rotatable bonds is 3. The van der Waals surface area contributed by atoms with Gasteiger partial charge in [0.1, 0.15) is 0 Å². The molecule has 110 valence electrons. The van der Waals surface area contributed by atoms with Crippen molar-refractivity contribution in [3.05, 3.63) is 0 Å². The highest BCUT2D eigenvalue weighted by atomic mass is 16.2. The van der Waals surface area contributed by atoms with E-state index in [1.807, 2.05) is 16.8 Å². The molecule has 5 nitrogen and oxygen atoms in total. The lowest BCUT2D eigenvalue weighted by Gasteiger charge is -2.41. The zero-order valence-electron chi connectivity index (χ0n) is 12.6. The number of hydrogen-bond donors (Lipinski definition) is 1. The van der Waals surface area contributed by atoms with E-state index in [1.165, 1.54) is 25.9 Å². The molecule has 2 aliphatic rings. The molecular formula is C14H28N4O. The van der Waals surface area contributed by atoms with Gasteiger partial charge in [0.05, 0.1) is 0 Å². The average Bonchev–Trinajstić information content (AvgIpc) is 2.88. The molecule has 0 spiro atoms. The maximum atomic E-state index is 12.5. The third-order valence-corrected chi connectivity index (χ3v) is 4.33. The molecule has 0 aromatic heterocycles. The third kappa shape index (κ3) is 3.60. The third-order valence-electron chi connectivity index (χ3n) is 4.33. The van der Waals surface area contributed by atoms with Crippen LogP contribution in [0.3, 0.4) is 0 Å². The second-order valence-electron chi connectivity index (χ2n) is 6.02. The van der Waals surface area contributed by atoms with Crippen molar-refractivity contribution in [3.8, 4) is 0 Å². The van der Waals surface area contributed by atoms with Crippen LogP contribution in [0.5, 0.6) is 0 Å². The van der Waals surface area contributed by atoms with E-state index < -0.39 is 0 Å². The van der Waals surface area contributed by atoms with Gasteiger partial charge >= 0.3 is 6.03 Å². The van der Waals surface area contributed by atoms with Gasteiger partial charge in [-0.05, 0) is 39.8 Å². The normalized spacial score (nSPS) is 28.7. The Hall–Kier alpha value is -0.810. The number of carbonyl (C=O) groups excluding carboxylic acids is 1. The van der Waals surface area contributed by atoms with Crippen LogP contribution in [0.1, 0.15) is 26.7 Å². The first kappa shape index (κ1) is 14.6. The van der Waals surface area contributed by atoms with Crippen molar-refractivity contribution in [2.24, 2.45) is 0 Å². The monoisotopic (exact) mass is 268 g/mol. The number of piperazine rings is 1. The van der Waals surface area contributed by atoms with E-state index in [0.29, 0.717) is 0 Å². The Kier molecular flexibility index (Phi) is 5.05. The first-order valence-electron chi connectivity index (χ1n) is 7.56. The molecule has 0 aliphatic carbocycles. The van der Waals surface area contributed by atoms with Gasteiger partial charge in [0.25, 0.3) is 0 Å². The SMILES string of the molecule is C[C@H]1CNC[C@H](C)N1C(=O)N(C)CCN1CCCC1. The molecule has 2 amide bonds. The minimum atomic E-state index is 0.181. The first-order chi connectivity index (χ1) is 9.09. The summed E-state index contributed by atoms with van der Waals surface area (Å²) in [5, 5.41) is 3.36. The van der Waals surface area contributed by atoms with Crippen LogP contribution in [-0.2, 0) is 0 Å². The van der Waals surface area contributed by atoms with Gasteiger partial charge in [-0.2, -0.15) is 0 Å². The van der Waals surface area contributed by atoms with Gasteiger partial charge in [0.2, 0.25) is 0 Å². The summed E-state index contributed by atoms with van der Waals surface area (Å²) in [6, 6.07) is 0.747.